The van der Waals surface area contributed by atoms with E-state index in [1.54, 1.807) is 0 Å². The smallest absolute Gasteiger partial charge is 0.251 e. The summed E-state index contributed by atoms with van der Waals surface area (Å²) in [5.74, 6) is -0.0454. The van der Waals surface area contributed by atoms with Gasteiger partial charge in [-0.1, -0.05) is 45.0 Å². The highest BCUT2D eigenvalue weighted by atomic mass is 16.5. The first-order valence-electron chi connectivity index (χ1n) is 9.68. The van der Waals surface area contributed by atoms with Gasteiger partial charge in [0.15, 0.2) is 0 Å². The number of carbonyl (C=O) groups excluding carboxylic acids is 1. The van der Waals surface area contributed by atoms with Crippen LogP contribution in [0, 0.1) is 0 Å². The van der Waals surface area contributed by atoms with Crippen LogP contribution < -0.4 is 10.2 Å². The lowest BCUT2D eigenvalue weighted by Crippen LogP contribution is -2.36. The highest BCUT2D eigenvalue weighted by molar-refractivity contribution is 5.94. The molecule has 0 aromatic heterocycles. The number of ether oxygens (including phenoxy) is 1. The van der Waals surface area contributed by atoms with Crippen LogP contribution in [0.15, 0.2) is 48.5 Å². The lowest BCUT2D eigenvalue weighted by molar-refractivity contribution is 0.0940. The van der Waals surface area contributed by atoms with Crippen LogP contribution in [0.5, 0.6) is 0 Å². The minimum absolute atomic E-state index is 0.0366. The first kappa shape index (κ1) is 19.4. The van der Waals surface area contributed by atoms with Gasteiger partial charge >= 0.3 is 0 Å². The van der Waals surface area contributed by atoms with E-state index in [1.807, 2.05) is 31.2 Å². The summed E-state index contributed by atoms with van der Waals surface area (Å²) in [7, 11) is 0. The zero-order valence-corrected chi connectivity index (χ0v) is 16.8. The summed E-state index contributed by atoms with van der Waals surface area (Å²) in [4.78, 5) is 14.9. The van der Waals surface area contributed by atoms with Crippen LogP contribution in [-0.4, -0.2) is 32.2 Å². The molecule has 1 amide bonds. The summed E-state index contributed by atoms with van der Waals surface area (Å²) in [6.45, 7) is 11.9. The van der Waals surface area contributed by atoms with E-state index in [0.717, 1.165) is 37.6 Å². The average molecular weight is 367 g/mol. The van der Waals surface area contributed by atoms with Crippen LogP contribution in [0.3, 0.4) is 0 Å². The van der Waals surface area contributed by atoms with Crippen molar-refractivity contribution in [2.24, 2.45) is 0 Å². The first-order chi connectivity index (χ1) is 12.8. The van der Waals surface area contributed by atoms with E-state index in [1.165, 1.54) is 5.56 Å². The van der Waals surface area contributed by atoms with Crippen LogP contribution in [0.2, 0.25) is 0 Å². The summed E-state index contributed by atoms with van der Waals surface area (Å²) >= 11 is 0. The second-order valence-corrected chi connectivity index (χ2v) is 8.21. The fraction of sp³-hybridized carbons (Fsp3) is 0.435. The Morgan fingerprint density at radius 2 is 1.59 bits per heavy atom. The molecule has 1 aliphatic rings. The van der Waals surface area contributed by atoms with Crippen LogP contribution in [0.1, 0.15) is 55.2 Å². The van der Waals surface area contributed by atoms with E-state index in [-0.39, 0.29) is 17.4 Å². The quantitative estimate of drug-likeness (QED) is 0.877. The van der Waals surface area contributed by atoms with Gasteiger partial charge in [0, 0.05) is 24.3 Å². The SMILES string of the molecule is C[C@H](NC(=O)c1ccc(N2CCOCC2)cc1)c1ccc(C(C)(C)C)cc1. The molecule has 4 nitrogen and oxygen atoms in total. The van der Waals surface area contributed by atoms with Crippen molar-refractivity contribution in [3.63, 3.8) is 0 Å². The molecule has 1 fully saturated rings. The van der Waals surface area contributed by atoms with Gasteiger partial charge in [0.1, 0.15) is 0 Å². The van der Waals surface area contributed by atoms with Crippen molar-refractivity contribution in [2.75, 3.05) is 31.2 Å². The van der Waals surface area contributed by atoms with Crippen molar-refractivity contribution in [1.82, 2.24) is 5.32 Å². The van der Waals surface area contributed by atoms with Gasteiger partial charge in [-0.2, -0.15) is 0 Å². The summed E-state index contributed by atoms with van der Waals surface area (Å²) in [5, 5.41) is 3.10. The monoisotopic (exact) mass is 366 g/mol. The molecule has 1 saturated heterocycles. The molecule has 0 unspecified atom stereocenters. The number of nitrogens with zero attached hydrogens (tertiary/aromatic N) is 1. The molecule has 0 spiro atoms. The van der Waals surface area contributed by atoms with Gasteiger partial charge in [-0.05, 0) is 47.7 Å². The predicted octanol–water partition coefficient (Wildman–Crippen LogP) is 4.31. The predicted molar refractivity (Wildman–Crippen MR) is 110 cm³/mol. The van der Waals surface area contributed by atoms with Crippen molar-refractivity contribution in [1.29, 1.82) is 0 Å². The molecule has 1 atom stereocenters. The van der Waals surface area contributed by atoms with E-state index in [0.29, 0.717) is 5.56 Å². The molecule has 1 aliphatic heterocycles. The van der Waals surface area contributed by atoms with Crippen molar-refractivity contribution < 1.29 is 9.53 Å². The maximum absolute atomic E-state index is 12.6. The number of hydrogen-bond donors (Lipinski definition) is 1. The number of amides is 1. The Labute approximate surface area is 162 Å². The Balaban J connectivity index is 1.62. The fourth-order valence-electron chi connectivity index (χ4n) is 3.28. The standard InChI is InChI=1S/C23H30N2O2/c1-17(18-5-9-20(10-6-18)23(2,3)4)24-22(26)19-7-11-21(12-8-19)25-13-15-27-16-14-25/h5-12,17H,13-16H2,1-4H3,(H,24,26)/t17-/m0/s1. The Bertz CT molecular complexity index is 754. The van der Waals surface area contributed by atoms with E-state index < -0.39 is 0 Å². The van der Waals surface area contributed by atoms with Crippen molar-refractivity contribution in [3.8, 4) is 0 Å². The second kappa shape index (κ2) is 8.13. The minimum Gasteiger partial charge on any atom is -0.378 e. The van der Waals surface area contributed by atoms with E-state index in [4.69, 9.17) is 4.74 Å². The third-order valence-corrected chi connectivity index (χ3v) is 5.13. The maximum atomic E-state index is 12.6. The number of rotatable bonds is 4. The first-order valence-corrected chi connectivity index (χ1v) is 9.68. The summed E-state index contributed by atoms with van der Waals surface area (Å²) < 4.78 is 5.39. The molecule has 0 radical (unpaired) electrons. The Morgan fingerprint density at radius 1 is 1.00 bits per heavy atom. The van der Waals surface area contributed by atoms with E-state index >= 15 is 0 Å². The number of benzene rings is 2. The molecule has 1 N–H and O–H groups in total. The lowest BCUT2D eigenvalue weighted by Gasteiger charge is -2.28. The molecule has 3 rings (SSSR count). The molecule has 2 aromatic rings. The molecular formula is C23H30N2O2. The molecule has 27 heavy (non-hydrogen) atoms. The van der Waals surface area contributed by atoms with Gasteiger partial charge in [0.05, 0.1) is 19.3 Å². The largest absolute Gasteiger partial charge is 0.378 e. The Kier molecular flexibility index (Phi) is 5.85. The van der Waals surface area contributed by atoms with Crippen molar-refractivity contribution >= 4 is 11.6 Å². The van der Waals surface area contributed by atoms with E-state index in [2.05, 4.69) is 55.3 Å². The molecule has 144 valence electrons. The summed E-state index contributed by atoms with van der Waals surface area (Å²) in [6.07, 6.45) is 0. The van der Waals surface area contributed by atoms with Crippen molar-refractivity contribution in [3.05, 3.63) is 65.2 Å². The third-order valence-electron chi connectivity index (χ3n) is 5.13. The third kappa shape index (κ3) is 4.89. The van der Waals surface area contributed by atoms with Crippen LogP contribution >= 0.6 is 0 Å². The minimum atomic E-state index is -0.0454. The van der Waals surface area contributed by atoms with Gasteiger partial charge in [0.25, 0.3) is 5.91 Å². The number of morpholine rings is 1. The fourth-order valence-corrected chi connectivity index (χ4v) is 3.28. The van der Waals surface area contributed by atoms with Crippen LogP contribution in [0.25, 0.3) is 0 Å². The lowest BCUT2D eigenvalue weighted by atomic mass is 9.86. The van der Waals surface area contributed by atoms with Crippen molar-refractivity contribution in [2.45, 2.75) is 39.2 Å². The molecule has 0 bridgehead atoms. The van der Waals surface area contributed by atoms with Gasteiger partial charge in [-0.15, -0.1) is 0 Å². The topological polar surface area (TPSA) is 41.6 Å². The van der Waals surface area contributed by atoms with E-state index in [9.17, 15) is 4.79 Å². The van der Waals surface area contributed by atoms with Gasteiger partial charge in [-0.3, -0.25) is 4.79 Å². The highest BCUT2D eigenvalue weighted by Gasteiger charge is 2.16. The average Bonchev–Trinajstić information content (AvgIpc) is 2.68. The maximum Gasteiger partial charge on any atom is 0.251 e. The summed E-state index contributed by atoms with van der Waals surface area (Å²) in [5.41, 5.74) is 4.36. The van der Waals surface area contributed by atoms with Gasteiger partial charge < -0.3 is 15.0 Å². The number of carbonyl (C=O) groups is 1. The highest BCUT2D eigenvalue weighted by Crippen LogP contribution is 2.24. The zero-order valence-electron chi connectivity index (χ0n) is 16.8. The number of hydrogen-bond acceptors (Lipinski definition) is 3. The number of nitrogens with one attached hydrogen (secondary N) is 1. The Morgan fingerprint density at radius 3 is 2.15 bits per heavy atom. The van der Waals surface area contributed by atoms with Crippen LogP contribution in [0.4, 0.5) is 5.69 Å². The van der Waals surface area contributed by atoms with Crippen LogP contribution in [-0.2, 0) is 10.2 Å². The van der Waals surface area contributed by atoms with Gasteiger partial charge in [-0.25, -0.2) is 0 Å². The molecule has 0 saturated carbocycles. The zero-order chi connectivity index (χ0) is 19.4. The summed E-state index contributed by atoms with van der Waals surface area (Å²) in [6, 6.07) is 16.3. The molecule has 0 aliphatic carbocycles. The number of anilines is 1. The molecule has 4 heteroatoms. The van der Waals surface area contributed by atoms with Gasteiger partial charge in [0.2, 0.25) is 0 Å². The normalized spacial score (nSPS) is 16.1. The Hall–Kier alpha value is -2.33. The molecule has 2 aromatic carbocycles. The molecule has 1 heterocycles. The molecular weight excluding hydrogens is 336 g/mol. The second-order valence-electron chi connectivity index (χ2n) is 8.21.